The lowest BCUT2D eigenvalue weighted by molar-refractivity contribution is -0.120. The Labute approximate surface area is 199 Å². The summed E-state index contributed by atoms with van der Waals surface area (Å²) < 4.78 is 13.6. The maximum atomic E-state index is 13.7. The van der Waals surface area contributed by atoms with E-state index in [9.17, 15) is 14.0 Å². The van der Waals surface area contributed by atoms with Crippen molar-refractivity contribution in [2.75, 3.05) is 18.0 Å². The Morgan fingerprint density at radius 3 is 2.15 bits per heavy atom. The number of aromatic nitrogens is 1. The van der Waals surface area contributed by atoms with Crippen LogP contribution in [-0.2, 0) is 16.0 Å². The third-order valence-corrected chi connectivity index (χ3v) is 6.13. The standard InChI is InChI=1S/C28H28FN3O2/c1-4-31(18-15-20-13-16-30-17-14-20)26-25(22-5-9-23(29)10-6-22)27(33)32(28(26)34)24-11-7-21(8-12-24)19(2)3/h5-14,16-17,19H,4,15,18H2,1-3H3. The van der Waals surface area contributed by atoms with Crippen LogP contribution in [0.4, 0.5) is 10.1 Å². The summed E-state index contributed by atoms with van der Waals surface area (Å²) in [6.07, 6.45) is 4.17. The molecule has 0 radical (unpaired) electrons. The van der Waals surface area contributed by atoms with Crippen LogP contribution in [-0.4, -0.2) is 34.8 Å². The van der Waals surface area contributed by atoms with E-state index in [0.29, 0.717) is 47.9 Å². The van der Waals surface area contributed by atoms with Gasteiger partial charge in [-0.1, -0.05) is 38.1 Å². The Morgan fingerprint density at radius 1 is 0.912 bits per heavy atom. The Hall–Kier alpha value is -3.80. The number of carbonyl (C=O) groups is 2. The van der Waals surface area contributed by atoms with Gasteiger partial charge in [0.1, 0.15) is 11.5 Å². The minimum Gasteiger partial charge on any atom is -0.366 e. The summed E-state index contributed by atoms with van der Waals surface area (Å²) in [6.45, 7) is 7.24. The van der Waals surface area contributed by atoms with Crippen molar-refractivity contribution in [3.63, 3.8) is 0 Å². The third-order valence-electron chi connectivity index (χ3n) is 6.13. The number of rotatable bonds is 8. The first-order valence-corrected chi connectivity index (χ1v) is 11.5. The van der Waals surface area contributed by atoms with Gasteiger partial charge in [-0.3, -0.25) is 14.6 Å². The molecular weight excluding hydrogens is 429 g/mol. The van der Waals surface area contributed by atoms with Gasteiger partial charge >= 0.3 is 0 Å². The van der Waals surface area contributed by atoms with Gasteiger partial charge in [0.05, 0.1) is 11.3 Å². The minimum absolute atomic E-state index is 0.300. The zero-order valence-corrected chi connectivity index (χ0v) is 19.7. The van der Waals surface area contributed by atoms with E-state index in [1.54, 1.807) is 24.5 Å². The Bertz CT molecular complexity index is 1200. The van der Waals surface area contributed by atoms with Crippen LogP contribution in [0.25, 0.3) is 5.57 Å². The Balaban J connectivity index is 1.73. The minimum atomic E-state index is -0.397. The van der Waals surface area contributed by atoms with E-state index >= 15 is 0 Å². The molecule has 0 saturated heterocycles. The molecule has 174 valence electrons. The molecule has 2 amide bonds. The summed E-state index contributed by atoms with van der Waals surface area (Å²) >= 11 is 0. The van der Waals surface area contributed by atoms with Gasteiger partial charge < -0.3 is 4.90 Å². The van der Waals surface area contributed by atoms with Crippen molar-refractivity contribution in [2.45, 2.75) is 33.1 Å². The number of imide groups is 1. The van der Waals surface area contributed by atoms with E-state index in [-0.39, 0.29) is 5.91 Å². The second kappa shape index (κ2) is 10.00. The van der Waals surface area contributed by atoms with Crippen molar-refractivity contribution >= 4 is 23.1 Å². The summed E-state index contributed by atoms with van der Waals surface area (Å²) in [5, 5.41) is 0. The summed E-state index contributed by atoms with van der Waals surface area (Å²) in [4.78, 5) is 34.6. The fourth-order valence-corrected chi connectivity index (χ4v) is 4.17. The molecule has 1 aliphatic heterocycles. The van der Waals surface area contributed by atoms with Crippen molar-refractivity contribution in [3.05, 3.63) is 101 Å². The largest absolute Gasteiger partial charge is 0.366 e. The Kier molecular flexibility index (Phi) is 6.87. The average Bonchev–Trinajstić information content (AvgIpc) is 3.10. The molecule has 34 heavy (non-hydrogen) atoms. The van der Waals surface area contributed by atoms with Crippen LogP contribution in [0.1, 0.15) is 43.4 Å². The van der Waals surface area contributed by atoms with Crippen molar-refractivity contribution in [2.24, 2.45) is 0 Å². The number of benzene rings is 2. The van der Waals surface area contributed by atoms with Crippen LogP contribution in [0.15, 0.2) is 78.8 Å². The summed E-state index contributed by atoms with van der Waals surface area (Å²) in [5.74, 6) is -0.815. The maximum absolute atomic E-state index is 13.7. The number of halogens is 1. The van der Waals surface area contributed by atoms with Crippen molar-refractivity contribution < 1.29 is 14.0 Å². The zero-order valence-electron chi connectivity index (χ0n) is 19.7. The third kappa shape index (κ3) is 4.62. The lowest BCUT2D eigenvalue weighted by Gasteiger charge is -2.25. The van der Waals surface area contributed by atoms with Crippen LogP contribution in [0.3, 0.4) is 0 Å². The number of carbonyl (C=O) groups excluding carboxylic acids is 2. The fraction of sp³-hybridized carbons (Fsp3) is 0.250. The number of pyridine rings is 1. The van der Waals surface area contributed by atoms with E-state index < -0.39 is 11.7 Å². The molecule has 6 heteroatoms. The molecule has 0 unspecified atom stereocenters. The zero-order chi connectivity index (χ0) is 24.2. The second-order valence-electron chi connectivity index (χ2n) is 8.61. The summed E-state index contributed by atoms with van der Waals surface area (Å²) in [6, 6.07) is 17.1. The number of hydrogen-bond acceptors (Lipinski definition) is 4. The Morgan fingerprint density at radius 2 is 1.56 bits per heavy atom. The summed E-state index contributed by atoms with van der Waals surface area (Å²) in [7, 11) is 0. The van der Waals surface area contributed by atoms with Gasteiger partial charge in [0.25, 0.3) is 11.8 Å². The molecule has 2 aromatic carbocycles. The number of likely N-dealkylation sites (N-methyl/N-ethyl adjacent to an activating group) is 1. The van der Waals surface area contributed by atoms with Crippen molar-refractivity contribution in [3.8, 4) is 0 Å². The van der Waals surface area contributed by atoms with E-state index in [4.69, 9.17) is 0 Å². The van der Waals surface area contributed by atoms with Gasteiger partial charge in [0.2, 0.25) is 0 Å². The first-order valence-electron chi connectivity index (χ1n) is 11.5. The topological polar surface area (TPSA) is 53.5 Å². The quantitative estimate of drug-likeness (QED) is 0.437. The van der Waals surface area contributed by atoms with Crippen molar-refractivity contribution in [1.82, 2.24) is 9.88 Å². The molecule has 0 spiro atoms. The van der Waals surface area contributed by atoms with E-state index in [0.717, 1.165) is 11.1 Å². The monoisotopic (exact) mass is 457 g/mol. The number of anilines is 1. The van der Waals surface area contributed by atoms with Crippen LogP contribution < -0.4 is 4.90 Å². The van der Waals surface area contributed by atoms with Gasteiger partial charge in [-0.25, -0.2) is 9.29 Å². The molecule has 4 rings (SSSR count). The highest BCUT2D eigenvalue weighted by atomic mass is 19.1. The number of nitrogens with zero attached hydrogens (tertiary/aromatic N) is 3. The van der Waals surface area contributed by atoms with Gasteiger partial charge in [-0.2, -0.15) is 0 Å². The molecule has 0 N–H and O–H groups in total. The highest BCUT2D eigenvalue weighted by Gasteiger charge is 2.42. The van der Waals surface area contributed by atoms with Crippen LogP contribution in [0.5, 0.6) is 0 Å². The van der Waals surface area contributed by atoms with E-state index in [2.05, 4.69) is 18.8 Å². The molecule has 3 aromatic rings. The summed E-state index contributed by atoms with van der Waals surface area (Å²) in [5.41, 5.74) is 3.92. The van der Waals surface area contributed by atoms with Crippen LogP contribution >= 0.6 is 0 Å². The normalized spacial score (nSPS) is 13.9. The predicted octanol–water partition coefficient (Wildman–Crippen LogP) is 5.19. The predicted molar refractivity (Wildman–Crippen MR) is 132 cm³/mol. The lowest BCUT2D eigenvalue weighted by Crippen LogP contribution is -2.36. The van der Waals surface area contributed by atoms with E-state index in [1.807, 2.05) is 48.2 Å². The first kappa shape index (κ1) is 23.4. The second-order valence-corrected chi connectivity index (χ2v) is 8.61. The van der Waals surface area contributed by atoms with Gasteiger partial charge in [-0.05, 0) is 72.4 Å². The number of hydrogen-bond donors (Lipinski definition) is 0. The number of amides is 2. The molecule has 1 aliphatic rings. The molecule has 2 heterocycles. The highest BCUT2D eigenvalue weighted by molar-refractivity contribution is 6.45. The lowest BCUT2D eigenvalue weighted by atomic mass is 10.0. The van der Waals surface area contributed by atoms with Gasteiger partial charge in [-0.15, -0.1) is 0 Å². The fourth-order valence-electron chi connectivity index (χ4n) is 4.17. The van der Waals surface area contributed by atoms with Crippen LogP contribution in [0, 0.1) is 5.82 Å². The SMILES string of the molecule is CCN(CCc1ccncc1)C1=C(c2ccc(F)cc2)C(=O)N(c2ccc(C(C)C)cc2)C1=O. The smallest absolute Gasteiger partial charge is 0.282 e. The highest BCUT2D eigenvalue weighted by Crippen LogP contribution is 2.35. The average molecular weight is 458 g/mol. The molecule has 0 aliphatic carbocycles. The van der Waals surface area contributed by atoms with Crippen LogP contribution in [0.2, 0.25) is 0 Å². The molecule has 0 atom stereocenters. The van der Waals surface area contributed by atoms with E-state index in [1.165, 1.54) is 17.0 Å². The molecule has 0 fully saturated rings. The van der Waals surface area contributed by atoms with Gasteiger partial charge in [0.15, 0.2) is 0 Å². The molecular formula is C28H28FN3O2. The maximum Gasteiger partial charge on any atom is 0.282 e. The molecule has 0 saturated carbocycles. The molecule has 0 bridgehead atoms. The first-order chi connectivity index (χ1) is 16.4. The molecule has 5 nitrogen and oxygen atoms in total. The molecule has 1 aromatic heterocycles. The van der Waals surface area contributed by atoms with Crippen molar-refractivity contribution in [1.29, 1.82) is 0 Å². The van der Waals surface area contributed by atoms with Gasteiger partial charge in [0, 0.05) is 25.5 Å².